The van der Waals surface area contributed by atoms with Crippen molar-refractivity contribution in [3.05, 3.63) is 91.5 Å². The Morgan fingerprint density at radius 1 is 0.955 bits per heavy atom. The third-order valence-corrected chi connectivity index (χ3v) is 10.2. The van der Waals surface area contributed by atoms with E-state index in [4.69, 9.17) is 5.73 Å². The number of likely N-dealkylation sites (tertiary alicyclic amines) is 2. The number of imidazole rings is 1. The number of rotatable bonds is 6. The highest BCUT2D eigenvalue weighted by Crippen LogP contribution is 2.31. The Morgan fingerprint density at radius 3 is 2.27 bits per heavy atom. The van der Waals surface area contributed by atoms with Gasteiger partial charge >= 0.3 is 11.7 Å². The molecule has 10 nitrogen and oxygen atoms in total. The van der Waals surface area contributed by atoms with E-state index >= 15 is 0 Å². The van der Waals surface area contributed by atoms with Crippen LogP contribution in [0.2, 0.25) is 0 Å². The molecule has 12 heteroatoms. The van der Waals surface area contributed by atoms with Crippen molar-refractivity contribution < 1.29 is 9.59 Å². The Kier molecular flexibility index (Phi) is 9.08. The number of carbonyl (C=O) groups excluding carboxylic acids is 2. The molecule has 6 rings (SSSR count). The quantitative estimate of drug-likeness (QED) is 0.236. The lowest BCUT2D eigenvalue weighted by atomic mass is 9.89. The summed E-state index contributed by atoms with van der Waals surface area (Å²) in [7, 11) is 0. The number of urea groups is 1. The number of halogens is 2. The Labute approximate surface area is 272 Å². The first-order valence-electron chi connectivity index (χ1n) is 14.9. The van der Waals surface area contributed by atoms with E-state index in [0.717, 1.165) is 38.4 Å². The predicted octanol–water partition coefficient (Wildman–Crippen LogP) is 5.20. The highest BCUT2D eigenvalue weighted by atomic mass is 79.9. The van der Waals surface area contributed by atoms with Gasteiger partial charge in [0.05, 0.1) is 16.7 Å². The molecule has 2 saturated heterocycles. The van der Waals surface area contributed by atoms with Gasteiger partial charge in [-0.25, -0.2) is 9.59 Å². The molecule has 4 N–H and O–H groups in total. The minimum absolute atomic E-state index is 0.00806. The number of amides is 3. The maximum Gasteiger partial charge on any atom is 0.326 e. The number of anilines is 1. The van der Waals surface area contributed by atoms with Gasteiger partial charge in [0, 0.05) is 60.0 Å². The highest BCUT2D eigenvalue weighted by Gasteiger charge is 2.33. The van der Waals surface area contributed by atoms with Gasteiger partial charge in [-0.2, -0.15) is 0 Å². The van der Waals surface area contributed by atoms with Crippen molar-refractivity contribution in [2.24, 2.45) is 0 Å². The molecule has 230 valence electrons. The minimum Gasteiger partial charge on any atom is -0.397 e. The lowest BCUT2D eigenvalue weighted by Gasteiger charge is -2.36. The summed E-state index contributed by atoms with van der Waals surface area (Å²) in [5, 5.41) is 3.07. The monoisotopic (exact) mass is 723 g/mol. The molecule has 1 atom stereocenters. The SMILES string of the molecule is Nc1c(Br)cc(C[C@@H](NC(=O)N2CCC(n3c(=O)[nH]c4ccccc43)CC2)C(=O)N2CCC(c3ccncc3)CC2)cc1Br. The van der Waals surface area contributed by atoms with Crippen LogP contribution in [-0.2, 0) is 11.2 Å². The van der Waals surface area contributed by atoms with E-state index in [9.17, 15) is 14.4 Å². The number of fused-ring (bicyclic) bond motifs is 1. The van der Waals surface area contributed by atoms with Crippen LogP contribution in [0.5, 0.6) is 0 Å². The summed E-state index contributed by atoms with van der Waals surface area (Å²) < 4.78 is 3.27. The normalized spacial score (nSPS) is 17.1. The summed E-state index contributed by atoms with van der Waals surface area (Å²) in [6.45, 7) is 2.22. The average Bonchev–Trinajstić information content (AvgIpc) is 3.39. The van der Waals surface area contributed by atoms with Crippen molar-refractivity contribution in [3.63, 3.8) is 0 Å². The van der Waals surface area contributed by atoms with E-state index in [1.54, 1.807) is 4.90 Å². The van der Waals surface area contributed by atoms with Crippen LogP contribution in [0.15, 0.2) is 74.7 Å². The lowest BCUT2D eigenvalue weighted by Crippen LogP contribution is -2.55. The predicted molar refractivity (Wildman–Crippen MR) is 177 cm³/mol. The van der Waals surface area contributed by atoms with Gasteiger partial charge in [-0.3, -0.25) is 14.3 Å². The third kappa shape index (κ3) is 6.41. The summed E-state index contributed by atoms with van der Waals surface area (Å²) in [6.07, 6.45) is 6.95. The van der Waals surface area contributed by atoms with Crippen molar-refractivity contribution in [2.75, 3.05) is 31.9 Å². The topological polar surface area (TPSA) is 129 Å². The molecule has 0 bridgehead atoms. The van der Waals surface area contributed by atoms with E-state index in [1.165, 1.54) is 5.56 Å². The number of nitrogens with one attached hydrogen (secondary N) is 2. The molecular formula is C32H35Br2N7O3. The number of piperidine rings is 2. The molecule has 3 amide bonds. The number of hydrogen-bond donors (Lipinski definition) is 3. The van der Waals surface area contributed by atoms with Crippen molar-refractivity contribution in [2.45, 2.75) is 50.1 Å². The number of benzene rings is 2. The van der Waals surface area contributed by atoms with Crippen molar-refractivity contribution in [1.82, 2.24) is 29.7 Å². The Morgan fingerprint density at radius 2 is 1.59 bits per heavy atom. The van der Waals surface area contributed by atoms with Crippen LogP contribution in [0.3, 0.4) is 0 Å². The zero-order valence-corrected chi connectivity index (χ0v) is 27.4. The maximum atomic E-state index is 14.0. The number of pyridine rings is 1. The second kappa shape index (κ2) is 13.2. The highest BCUT2D eigenvalue weighted by molar-refractivity contribution is 9.11. The molecule has 0 spiro atoms. The zero-order chi connectivity index (χ0) is 30.8. The van der Waals surface area contributed by atoms with Gasteiger partial charge in [0.25, 0.3) is 0 Å². The summed E-state index contributed by atoms with van der Waals surface area (Å²) in [5.41, 5.74) is 10.4. The van der Waals surface area contributed by atoms with Crippen LogP contribution < -0.4 is 16.7 Å². The summed E-state index contributed by atoms with van der Waals surface area (Å²) >= 11 is 7.02. The first-order chi connectivity index (χ1) is 21.3. The number of nitrogen functional groups attached to an aromatic ring is 1. The summed E-state index contributed by atoms with van der Waals surface area (Å²) in [6, 6.07) is 14.5. The number of aromatic amines is 1. The second-order valence-corrected chi connectivity index (χ2v) is 13.3. The summed E-state index contributed by atoms with van der Waals surface area (Å²) in [4.78, 5) is 51.0. The van der Waals surface area contributed by atoms with E-state index in [-0.39, 0.29) is 23.7 Å². The number of aromatic nitrogens is 3. The maximum absolute atomic E-state index is 14.0. The Bertz CT molecular complexity index is 1680. The summed E-state index contributed by atoms with van der Waals surface area (Å²) in [5.74, 6) is 0.292. The van der Waals surface area contributed by atoms with Crippen molar-refractivity contribution >= 4 is 60.5 Å². The van der Waals surface area contributed by atoms with Gasteiger partial charge in [-0.05, 0) is 111 Å². The molecule has 2 aliphatic rings. The molecule has 2 aliphatic heterocycles. The fourth-order valence-electron chi connectivity index (χ4n) is 6.48. The van der Waals surface area contributed by atoms with E-state index in [0.29, 0.717) is 57.0 Å². The van der Waals surface area contributed by atoms with Crippen LogP contribution in [0, 0.1) is 0 Å². The second-order valence-electron chi connectivity index (χ2n) is 11.6. The van der Waals surface area contributed by atoms with E-state index in [2.05, 4.69) is 47.1 Å². The molecule has 0 radical (unpaired) electrons. The molecule has 2 aromatic heterocycles. The molecule has 4 heterocycles. The molecule has 0 saturated carbocycles. The molecule has 4 aromatic rings. The zero-order valence-electron chi connectivity index (χ0n) is 24.2. The smallest absolute Gasteiger partial charge is 0.326 e. The fourth-order valence-corrected chi connectivity index (χ4v) is 7.77. The molecular weight excluding hydrogens is 690 g/mol. The number of hydrogen-bond acceptors (Lipinski definition) is 5. The van der Waals surface area contributed by atoms with Gasteiger partial charge in [0.15, 0.2) is 0 Å². The number of H-pyrrole nitrogens is 1. The molecule has 0 unspecified atom stereocenters. The number of nitrogens with zero attached hydrogens (tertiary/aromatic N) is 4. The largest absolute Gasteiger partial charge is 0.397 e. The average molecular weight is 725 g/mol. The Balaban J connectivity index is 1.14. The van der Waals surface area contributed by atoms with Crippen LogP contribution in [0.1, 0.15) is 48.8 Å². The van der Waals surface area contributed by atoms with Gasteiger partial charge in [0.2, 0.25) is 5.91 Å². The van der Waals surface area contributed by atoms with Gasteiger partial charge in [-0.1, -0.05) is 12.1 Å². The van der Waals surface area contributed by atoms with Gasteiger partial charge < -0.3 is 25.8 Å². The molecule has 2 fully saturated rings. The van der Waals surface area contributed by atoms with Gasteiger partial charge in [0.1, 0.15) is 6.04 Å². The number of para-hydroxylation sites is 2. The van der Waals surface area contributed by atoms with Crippen LogP contribution in [0.4, 0.5) is 10.5 Å². The van der Waals surface area contributed by atoms with Crippen molar-refractivity contribution in [1.29, 1.82) is 0 Å². The van der Waals surface area contributed by atoms with Crippen molar-refractivity contribution in [3.8, 4) is 0 Å². The van der Waals surface area contributed by atoms with E-state index < -0.39 is 6.04 Å². The number of carbonyl (C=O) groups is 2. The standard InChI is InChI=1S/C32H35Br2N7O3/c33-24-17-20(18-25(34)29(24)35)19-27(30(42)39-13-7-22(8-14-39)21-5-11-36-12-6-21)38-31(43)40-15-9-23(10-16-40)41-28-4-2-1-3-26(28)37-32(41)44/h1-6,11-12,17-18,22-23,27H,7-10,13-16,19,35H2,(H,37,44)(H,38,43)/t27-/m1/s1. The van der Waals surface area contributed by atoms with Crippen LogP contribution in [-0.4, -0.2) is 68.5 Å². The molecule has 0 aliphatic carbocycles. The molecule has 2 aromatic carbocycles. The van der Waals surface area contributed by atoms with Crippen LogP contribution in [0.25, 0.3) is 11.0 Å². The van der Waals surface area contributed by atoms with Crippen LogP contribution >= 0.6 is 31.9 Å². The first kappa shape index (κ1) is 30.4. The third-order valence-electron chi connectivity index (χ3n) is 8.90. The Hall–Kier alpha value is -3.64. The van der Waals surface area contributed by atoms with Gasteiger partial charge in [-0.15, -0.1) is 0 Å². The lowest BCUT2D eigenvalue weighted by molar-refractivity contribution is -0.134. The fraction of sp³-hybridized carbons (Fsp3) is 0.375. The molecule has 44 heavy (non-hydrogen) atoms. The minimum atomic E-state index is -0.739. The first-order valence-corrected chi connectivity index (χ1v) is 16.5. The number of nitrogens with two attached hydrogens (primary N) is 1. The van der Waals surface area contributed by atoms with E-state index in [1.807, 2.05) is 70.4 Å².